The van der Waals surface area contributed by atoms with Crippen LogP contribution in [0.4, 0.5) is 0 Å². The molecular formula is C18H17N5O3. The Balaban J connectivity index is 1.59. The summed E-state index contributed by atoms with van der Waals surface area (Å²) in [7, 11) is 0. The quantitative estimate of drug-likeness (QED) is 0.724. The number of ether oxygens (including phenoxy) is 1. The second-order valence-corrected chi connectivity index (χ2v) is 6.25. The van der Waals surface area contributed by atoms with Crippen LogP contribution in [0.2, 0.25) is 0 Å². The summed E-state index contributed by atoms with van der Waals surface area (Å²) in [4.78, 5) is 15.4. The van der Waals surface area contributed by atoms with Crippen molar-refractivity contribution in [3.63, 3.8) is 0 Å². The first-order chi connectivity index (χ1) is 12.6. The van der Waals surface area contributed by atoms with Gasteiger partial charge in [0.05, 0.1) is 5.56 Å². The van der Waals surface area contributed by atoms with E-state index in [0.717, 1.165) is 41.1 Å². The van der Waals surface area contributed by atoms with E-state index in [1.165, 1.54) is 6.07 Å². The van der Waals surface area contributed by atoms with Crippen molar-refractivity contribution in [2.24, 2.45) is 5.73 Å². The molecule has 0 saturated heterocycles. The van der Waals surface area contributed by atoms with Crippen LogP contribution in [0.5, 0.6) is 5.88 Å². The van der Waals surface area contributed by atoms with E-state index < -0.39 is 5.91 Å². The minimum absolute atomic E-state index is 0.0902. The Morgan fingerprint density at radius 2 is 2.12 bits per heavy atom. The van der Waals surface area contributed by atoms with E-state index in [1.54, 1.807) is 12.3 Å². The second-order valence-electron chi connectivity index (χ2n) is 6.25. The van der Waals surface area contributed by atoms with Crippen molar-refractivity contribution in [3.05, 3.63) is 53.2 Å². The maximum absolute atomic E-state index is 11.1. The Kier molecular flexibility index (Phi) is 4.08. The molecule has 8 nitrogen and oxygen atoms in total. The zero-order valence-corrected chi connectivity index (χ0v) is 14.2. The van der Waals surface area contributed by atoms with Gasteiger partial charge in [0, 0.05) is 29.4 Å². The van der Waals surface area contributed by atoms with Crippen LogP contribution in [0.1, 0.15) is 46.3 Å². The molecule has 1 amide bonds. The van der Waals surface area contributed by atoms with Crippen molar-refractivity contribution in [1.82, 2.24) is 20.3 Å². The van der Waals surface area contributed by atoms with Crippen LogP contribution < -0.4 is 10.5 Å². The molecule has 0 aromatic carbocycles. The SMILES string of the molecule is Cc1ccc(-c2noc(C3CC3)c2COc2ccc(C(N)=O)nn2)cn1. The molecule has 0 unspecified atom stereocenters. The maximum Gasteiger partial charge on any atom is 0.269 e. The van der Waals surface area contributed by atoms with Gasteiger partial charge in [0.25, 0.3) is 5.91 Å². The van der Waals surface area contributed by atoms with Gasteiger partial charge in [-0.05, 0) is 38.0 Å². The summed E-state index contributed by atoms with van der Waals surface area (Å²) in [6.07, 6.45) is 3.94. The monoisotopic (exact) mass is 351 g/mol. The Morgan fingerprint density at radius 3 is 2.73 bits per heavy atom. The summed E-state index contributed by atoms with van der Waals surface area (Å²) >= 11 is 0. The number of primary amides is 1. The van der Waals surface area contributed by atoms with Gasteiger partial charge in [-0.3, -0.25) is 9.78 Å². The molecule has 0 radical (unpaired) electrons. The topological polar surface area (TPSA) is 117 Å². The number of carbonyl (C=O) groups excluding carboxylic acids is 1. The van der Waals surface area contributed by atoms with Crippen LogP contribution in [0, 0.1) is 6.92 Å². The molecule has 3 aromatic heterocycles. The fraction of sp³-hybridized carbons (Fsp3) is 0.278. The molecule has 0 spiro atoms. The summed E-state index contributed by atoms with van der Waals surface area (Å²) in [5, 5.41) is 11.8. The molecular weight excluding hydrogens is 334 g/mol. The van der Waals surface area contributed by atoms with Gasteiger partial charge in [0.15, 0.2) is 5.69 Å². The number of hydrogen-bond acceptors (Lipinski definition) is 7. The van der Waals surface area contributed by atoms with Crippen molar-refractivity contribution in [3.8, 4) is 17.1 Å². The van der Waals surface area contributed by atoms with Crippen LogP contribution in [0.25, 0.3) is 11.3 Å². The third kappa shape index (κ3) is 3.26. The van der Waals surface area contributed by atoms with Gasteiger partial charge in [-0.1, -0.05) is 5.16 Å². The fourth-order valence-electron chi connectivity index (χ4n) is 2.64. The van der Waals surface area contributed by atoms with Gasteiger partial charge in [-0.25, -0.2) is 0 Å². The number of aryl methyl sites for hydroxylation is 1. The normalized spacial score (nSPS) is 13.6. The lowest BCUT2D eigenvalue weighted by molar-refractivity contribution is 0.0994. The molecule has 1 aliphatic carbocycles. The zero-order chi connectivity index (χ0) is 18.1. The molecule has 1 fully saturated rings. The van der Waals surface area contributed by atoms with E-state index >= 15 is 0 Å². The van der Waals surface area contributed by atoms with Crippen LogP contribution in [-0.4, -0.2) is 26.2 Å². The number of hydrogen-bond donors (Lipinski definition) is 1. The summed E-state index contributed by atoms with van der Waals surface area (Å²) < 4.78 is 11.3. The lowest BCUT2D eigenvalue weighted by atomic mass is 10.1. The average molecular weight is 351 g/mol. The largest absolute Gasteiger partial charge is 0.472 e. The molecule has 0 aliphatic heterocycles. The van der Waals surface area contributed by atoms with Crippen molar-refractivity contribution in [2.45, 2.75) is 32.3 Å². The van der Waals surface area contributed by atoms with E-state index in [2.05, 4.69) is 20.3 Å². The number of amides is 1. The third-order valence-corrected chi connectivity index (χ3v) is 4.21. The molecule has 4 rings (SSSR count). The molecule has 8 heteroatoms. The Morgan fingerprint density at radius 1 is 1.27 bits per heavy atom. The minimum Gasteiger partial charge on any atom is -0.472 e. The van der Waals surface area contributed by atoms with Crippen molar-refractivity contribution < 1.29 is 14.1 Å². The van der Waals surface area contributed by atoms with Crippen molar-refractivity contribution in [2.75, 3.05) is 0 Å². The highest BCUT2D eigenvalue weighted by Gasteiger charge is 2.33. The first kappa shape index (κ1) is 16.2. The predicted molar refractivity (Wildman–Crippen MR) is 91.3 cm³/mol. The van der Waals surface area contributed by atoms with Crippen LogP contribution >= 0.6 is 0 Å². The second kappa shape index (κ2) is 6.55. The lowest BCUT2D eigenvalue weighted by Gasteiger charge is -2.06. The summed E-state index contributed by atoms with van der Waals surface area (Å²) in [6, 6.07) is 6.93. The van der Waals surface area contributed by atoms with E-state index in [9.17, 15) is 4.79 Å². The number of pyridine rings is 1. The van der Waals surface area contributed by atoms with E-state index in [-0.39, 0.29) is 12.3 Å². The highest BCUT2D eigenvalue weighted by atomic mass is 16.5. The molecule has 0 bridgehead atoms. The van der Waals surface area contributed by atoms with Crippen molar-refractivity contribution >= 4 is 5.91 Å². The summed E-state index contributed by atoms with van der Waals surface area (Å²) in [5.74, 6) is 0.901. The molecule has 0 atom stereocenters. The Labute approximate surface area is 149 Å². The van der Waals surface area contributed by atoms with Crippen LogP contribution in [0.3, 0.4) is 0 Å². The number of nitrogens with zero attached hydrogens (tertiary/aromatic N) is 4. The summed E-state index contributed by atoms with van der Waals surface area (Å²) in [6.45, 7) is 2.17. The molecule has 1 saturated carbocycles. The average Bonchev–Trinajstić information content (AvgIpc) is 3.41. The number of carbonyl (C=O) groups is 1. The number of nitrogens with two attached hydrogens (primary N) is 1. The summed E-state index contributed by atoms with van der Waals surface area (Å²) in [5.41, 5.74) is 8.67. The lowest BCUT2D eigenvalue weighted by Crippen LogP contribution is -2.13. The third-order valence-electron chi connectivity index (χ3n) is 4.21. The predicted octanol–water partition coefficient (Wildman–Crippen LogP) is 2.39. The minimum atomic E-state index is -0.631. The molecule has 3 aromatic rings. The molecule has 2 N–H and O–H groups in total. The molecule has 132 valence electrons. The van der Waals surface area contributed by atoms with Gasteiger partial charge in [0.1, 0.15) is 18.1 Å². The molecule has 1 aliphatic rings. The molecule has 26 heavy (non-hydrogen) atoms. The van der Waals surface area contributed by atoms with Gasteiger partial charge < -0.3 is 15.0 Å². The standard InChI is InChI=1S/C18H17N5O3/c1-10-2-3-12(8-20-10)16-13(17(26-23-16)11-4-5-11)9-25-15-7-6-14(18(19)24)21-22-15/h2-3,6-8,11H,4-5,9H2,1H3,(H2,19,24). The van der Waals surface area contributed by atoms with Gasteiger partial charge >= 0.3 is 0 Å². The van der Waals surface area contributed by atoms with Gasteiger partial charge in [-0.2, -0.15) is 0 Å². The fourth-order valence-corrected chi connectivity index (χ4v) is 2.64. The Hall–Kier alpha value is -3.29. The Bertz CT molecular complexity index is 930. The number of rotatable bonds is 6. The smallest absolute Gasteiger partial charge is 0.269 e. The maximum atomic E-state index is 11.1. The zero-order valence-electron chi connectivity index (χ0n) is 14.2. The van der Waals surface area contributed by atoms with Gasteiger partial charge in [-0.15, -0.1) is 10.2 Å². The van der Waals surface area contributed by atoms with E-state index in [1.807, 2.05) is 19.1 Å². The van der Waals surface area contributed by atoms with E-state index in [4.69, 9.17) is 15.0 Å². The van der Waals surface area contributed by atoms with Crippen LogP contribution in [-0.2, 0) is 6.61 Å². The molecule has 3 heterocycles. The highest BCUT2D eigenvalue weighted by Crippen LogP contribution is 2.44. The highest BCUT2D eigenvalue weighted by molar-refractivity contribution is 5.90. The van der Waals surface area contributed by atoms with Crippen LogP contribution in [0.15, 0.2) is 35.0 Å². The van der Waals surface area contributed by atoms with Gasteiger partial charge in [0.2, 0.25) is 5.88 Å². The first-order valence-corrected chi connectivity index (χ1v) is 8.29. The number of aromatic nitrogens is 4. The van der Waals surface area contributed by atoms with Crippen molar-refractivity contribution in [1.29, 1.82) is 0 Å². The van der Waals surface area contributed by atoms with E-state index in [0.29, 0.717) is 11.8 Å². The first-order valence-electron chi connectivity index (χ1n) is 8.29.